The molecule has 1 aliphatic rings. The van der Waals surface area contributed by atoms with E-state index in [1.54, 1.807) is 0 Å². The van der Waals surface area contributed by atoms with Crippen LogP contribution in [0.1, 0.15) is 36.8 Å². The Morgan fingerprint density at radius 2 is 2.23 bits per heavy atom. The van der Waals surface area contributed by atoms with Crippen LogP contribution in [0.4, 0.5) is 0 Å². The highest BCUT2D eigenvalue weighted by molar-refractivity contribution is 5.35. The van der Waals surface area contributed by atoms with Crippen molar-refractivity contribution in [2.75, 3.05) is 0 Å². The molecule has 1 nitrogen and oxygen atoms in total. The minimum Gasteiger partial charge on any atom is -0.327 e. The minimum atomic E-state index is 0.351. The van der Waals surface area contributed by atoms with Gasteiger partial charge in [-0.25, -0.2) is 0 Å². The first-order valence-electron chi connectivity index (χ1n) is 5.16. The molecule has 2 atom stereocenters. The Labute approximate surface area is 80.0 Å². The molecule has 0 amide bonds. The number of rotatable bonds is 2. The molecule has 1 unspecified atom stereocenters. The molecule has 0 saturated carbocycles. The zero-order valence-corrected chi connectivity index (χ0v) is 8.16. The molecule has 1 aliphatic carbocycles. The summed E-state index contributed by atoms with van der Waals surface area (Å²) in [6.07, 6.45) is 3.54. The van der Waals surface area contributed by atoms with Crippen LogP contribution in [-0.2, 0) is 6.42 Å². The topological polar surface area (TPSA) is 26.0 Å². The van der Waals surface area contributed by atoms with Crippen LogP contribution in [0.2, 0.25) is 0 Å². The summed E-state index contributed by atoms with van der Waals surface area (Å²) in [5.74, 6) is 0.612. The van der Waals surface area contributed by atoms with Crippen molar-refractivity contribution in [1.82, 2.24) is 0 Å². The van der Waals surface area contributed by atoms with Gasteiger partial charge in [0.2, 0.25) is 0 Å². The number of benzene rings is 1. The van der Waals surface area contributed by atoms with Gasteiger partial charge < -0.3 is 5.73 Å². The fourth-order valence-corrected chi connectivity index (χ4v) is 2.32. The largest absolute Gasteiger partial charge is 0.327 e. The van der Waals surface area contributed by atoms with Gasteiger partial charge in [0.25, 0.3) is 0 Å². The zero-order valence-electron chi connectivity index (χ0n) is 8.16. The van der Waals surface area contributed by atoms with Crippen LogP contribution < -0.4 is 5.73 Å². The Morgan fingerprint density at radius 3 is 3.00 bits per heavy atom. The molecule has 2 N–H and O–H groups in total. The minimum absolute atomic E-state index is 0.351. The summed E-state index contributed by atoms with van der Waals surface area (Å²) >= 11 is 0. The van der Waals surface area contributed by atoms with Crippen LogP contribution in [0.15, 0.2) is 24.3 Å². The first-order chi connectivity index (χ1) is 6.33. The molecular formula is C12H17N. The van der Waals surface area contributed by atoms with E-state index in [0.717, 1.165) is 6.42 Å². The average molecular weight is 175 g/mol. The van der Waals surface area contributed by atoms with Gasteiger partial charge in [0.15, 0.2) is 0 Å². The Bertz CT molecular complexity index is 293. The third kappa shape index (κ3) is 1.49. The number of hydrogen-bond acceptors (Lipinski definition) is 1. The lowest BCUT2D eigenvalue weighted by Gasteiger charge is -2.18. The molecule has 0 heterocycles. The fraction of sp³-hybridized carbons (Fsp3) is 0.500. The van der Waals surface area contributed by atoms with Gasteiger partial charge in [0, 0.05) is 6.04 Å². The molecule has 2 rings (SSSR count). The highest BCUT2D eigenvalue weighted by Crippen LogP contribution is 2.35. The van der Waals surface area contributed by atoms with Gasteiger partial charge in [-0.3, -0.25) is 0 Å². The third-order valence-corrected chi connectivity index (χ3v) is 3.17. The molecule has 13 heavy (non-hydrogen) atoms. The molecule has 1 aromatic carbocycles. The first-order valence-corrected chi connectivity index (χ1v) is 5.16. The average Bonchev–Trinajstić information content (AvgIpc) is 2.60. The van der Waals surface area contributed by atoms with Crippen molar-refractivity contribution < 1.29 is 0 Å². The van der Waals surface area contributed by atoms with Gasteiger partial charge in [-0.2, -0.15) is 0 Å². The normalized spacial score (nSPS) is 22.8. The second kappa shape index (κ2) is 3.51. The number of fused-ring (bicyclic) bond motifs is 1. The van der Waals surface area contributed by atoms with Crippen LogP contribution in [0.25, 0.3) is 0 Å². The van der Waals surface area contributed by atoms with Crippen molar-refractivity contribution in [3.63, 3.8) is 0 Å². The molecule has 0 aliphatic heterocycles. The van der Waals surface area contributed by atoms with Gasteiger partial charge in [0.05, 0.1) is 0 Å². The van der Waals surface area contributed by atoms with Crippen molar-refractivity contribution in [2.45, 2.75) is 38.1 Å². The van der Waals surface area contributed by atoms with E-state index >= 15 is 0 Å². The lowest BCUT2D eigenvalue weighted by atomic mass is 9.92. The maximum Gasteiger partial charge on any atom is 0.0105 e. The van der Waals surface area contributed by atoms with E-state index in [1.807, 2.05) is 0 Å². The van der Waals surface area contributed by atoms with Crippen LogP contribution in [0.3, 0.4) is 0 Å². The maximum atomic E-state index is 6.09. The van der Waals surface area contributed by atoms with Gasteiger partial charge in [-0.15, -0.1) is 0 Å². The Hall–Kier alpha value is -0.820. The summed E-state index contributed by atoms with van der Waals surface area (Å²) in [5.41, 5.74) is 9.10. The van der Waals surface area contributed by atoms with E-state index in [-0.39, 0.29) is 0 Å². The van der Waals surface area contributed by atoms with Crippen LogP contribution in [0, 0.1) is 0 Å². The summed E-state index contributed by atoms with van der Waals surface area (Å²) in [6, 6.07) is 9.07. The Balaban J connectivity index is 2.28. The number of aryl methyl sites for hydroxylation is 1. The smallest absolute Gasteiger partial charge is 0.0105 e. The number of hydrogen-bond donors (Lipinski definition) is 1. The second-order valence-electron chi connectivity index (χ2n) is 3.92. The Kier molecular flexibility index (Phi) is 2.36. The van der Waals surface area contributed by atoms with Gasteiger partial charge in [0.1, 0.15) is 0 Å². The lowest BCUT2D eigenvalue weighted by molar-refractivity contribution is 0.515. The van der Waals surface area contributed by atoms with E-state index in [4.69, 9.17) is 5.73 Å². The standard InChI is InChI=1S/C12H17N/c1-2-12(13)11-8-7-9-5-3-4-6-10(9)11/h3-6,11-12H,2,7-8,13H2,1H3/t11?,12-/m1/s1. The monoisotopic (exact) mass is 175 g/mol. The second-order valence-corrected chi connectivity index (χ2v) is 3.92. The zero-order chi connectivity index (χ0) is 9.26. The summed E-state index contributed by atoms with van der Waals surface area (Å²) < 4.78 is 0. The molecule has 1 aromatic rings. The van der Waals surface area contributed by atoms with E-state index < -0.39 is 0 Å². The number of nitrogens with two attached hydrogens (primary N) is 1. The fourth-order valence-electron chi connectivity index (χ4n) is 2.32. The highest BCUT2D eigenvalue weighted by atomic mass is 14.6. The van der Waals surface area contributed by atoms with Crippen LogP contribution in [-0.4, -0.2) is 6.04 Å². The van der Waals surface area contributed by atoms with E-state index in [2.05, 4.69) is 31.2 Å². The SMILES string of the molecule is CC[C@@H](N)C1CCc2ccccc21. The summed E-state index contributed by atoms with van der Waals surface area (Å²) in [6.45, 7) is 2.17. The van der Waals surface area contributed by atoms with Crippen LogP contribution in [0.5, 0.6) is 0 Å². The molecule has 0 radical (unpaired) electrons. The van der Waals surface area contributed by atoms with E-state index in [1.165, 1.54) is 24.0 Å². The molecule has 0 spiro atoms. The van der Waals surface area contributed by atoms with Gasteiger partial charge >= 0.3 is 0 Å². The van der Waals surface area contributed by atoms with Gasteiger partial charge in [-0.05, 0) is 36.3 Å². The molecule has 0 aromatic heterocycles. The third-order valence-electron chi connectivity index (χ3n) is 3.17. The molecule has 70 valence electrons. The lowest BCUT2D eigenvalue weighted by Crippen LogP contribution is -2.25. The van der Waals surface area contributed by atoms with Crippen molar-refractivity contribution in [1.29, 1.82) is 0 Å². The van der Waals surface area contributed by atoms with Gasteiger partial charge in [-0.1, -0.05) is 31.2 Å². The highest BCUT2D eigenvalue weighted by Gasteiger charge is 2.25. The van der Waals surface area contributed by atoms with Crippen molar-refractivity contribution in [3.8, 4) is 0 Å². The maximum absolute atomic E-state index is 6.09. The summed E-state index contributed by atoms with van der Waals surface area (Å²) in [5, 5.41) is 0. The summed E-state index contributed by atoms with van der Waals surface area (Å²) in [4.78, 5) is 0. The molecular weight excluding hydrogens is 158 g/mol. The van der Waals surface area contributed by atoms with Crippen molar-refractivity contribution in [3.05, 3.63) is 35.4 Å². The molecule has 0 bridgehead atoms. The Morgan fingerprint density at radius 1 is 1.46 bits per heavy atom. The van der Waals surface area contributed by atoms with Crippen molar-refractivity contribution in [2.24, 2.45) is 5.73 Å². The first kappa shape index (κ1) is 8.76. The summed E-state index contributed by atoms with van der Waals surface area (Å²) in [7, 11) is 0. The molecule has 0 fully saturated rings. The molecule has 1 heteroatoms. The van der Waals surface area contributed by atoms with E-state index in [9.17, 15) is 0 Å². The molecule has 0 saturated heterocycles. The predicted molar refractivity (Wildman–Crippen MR) is 55.8 cm³/mol. The van der Waals surface area contributed by atoms with Crippen molar-refractivity contribution >= 4 is 0 Å². The van der Waals surface area contributed by atoms with E-state index in [0.29, 0.717) is 12.0 Å². The van der Waals surface area contributed by atoms with Crippen LogP contribution >= 0.6 is 0 Å². The predicted octanol–water partition coefficient (Wildman–Crippen LogP) is 2.45. The quantitative estimate of drug-likeness (QED) is 0.734.